The SMILES string of the molecule is O=[N+]([O-])c1ccc([C@@H](O)CNc2ncccn2)cc1. The van der Waals surface area contributed by atoms with E-state index in [2.05, 4.69) is 15.3 Å². The number of benzene rings is 1. The van der Waals surface area contributed by atoms with Gasteiger partial charge in [0.15, 0.2) is 0 Å². The molecule has 7 nitrogen and oxygen atoms in total. The zero-order valence-corrected chi connectivity index (χ0v) is 9.93. The molecule has 1 heterocycles. The van der Waals surface area contributed by atoms with Crippen LogP contribution in [0.15, 0.2) is 42.7 Å². The van der Waals surface area contributed by atoms with E-state index in [1.807, 2.05) is 0 Å². The third-order valence-electron chi connectivity index (χ3n) is 2.51. The van der Waals surface area contributed by atoms with Crippen molar-refractivity contribution in [2.45, 2.75) is 6.10 Å². The van der Waals surface area contributed by atoms with Crippen LogP contribution in [0.5, 0.6) is 0 Å². The molecule has 0 amide bonds. The van der Waals surface area contributed by atoms with Gasteiger partial charge in [-0.15, -0.1) is 0 Å². The summed E-state index contributed by atoms with van der Waals surface area (Å²) in [5, 5.41) is 23.3. The molecule has 0 fully saturated rings. The van der Waals surface area contributed by atoms with Crippen molar-refractivity contribution < 1.29 is 10.0 Å². The lowest BCUT2D eigenvalue weighted by Crippen LogP contribution is -2.13. The van der Waals surface area contributed by atoms with Crippen molar-refractivity contribution in [3.05, 3.63) is 58.4 Å². The van der Waals surface area contributed by atoms with E-state index in [1.165, 1.54) is 24.3 Å². The minimum atomic E-state index is -0.787. The Balaban J connectivity index is 1.96. The molecule has 1 atom stereocenters. The van der Waals surface area contributed by atoms with Crippen molar-refractivity contribution in [1.29, 1.82) is 0 Å². The van der Waals surface area contributed by atoms with Crippen molar-refractivity contribution in [1.82, 2.24) is 9.97 Å². The molecule has 98 valence electrons. The average molecular weight is 260 g/mol. The summed E-state index contributed by atoms with van der Waals surface area (Å²) in [4.78, 5) is 17.9. The second-order valence-electron chi connectivity index (χ2n) is 3.82. The molecule has 0 bridgehead atoms. The summed E-state index contributed by atoms with van der Waals surface area (Å²) in [5.74, 6) is 0.420. The predicted molar refractivity (Wildman–Crippen MR) is 68.6 cm³/mol. The molecule has 19 heavy (non-hydrogen) atoms. The van der Waals surface area contributed by atoms with Crippen LogP contribution in [-0.4, -0.2) is 26.5 Å². The molecule has 0 radical (unpaired) electrons. The van der Waals surface area contributed by atoms with Crippen LogP contribution in [0.2, 0.25) is 0 Å². The molecule has 0 saturated carbocycles. The van der Waals surface area contributed by atoms with Gasteiger partial charge in [-0.25, -0.2) is 9.97 Å². The van der Waals surface area contributed by atoms with Crippen molar-refractivity contribution in [2.75, 3.05) is 11.9 Å². The van der Waals surface area contributed by atoms with Gasteiger partial charge >= 0.3 is 0 Å². The van der Waals surface area contributed by atoms with Gasteiger partial charge in [-0.05, 0) is 23.8 Å². The zero-order valence-electron chi connectivity index (χ0n) is 9.93. The minimum absolute atomic E-state index is 0.00435. The largest absolute Gasteiger partial charge is 0.387 e. The van der Waals surface area contributed by atoms with Crippen molar-refractivity contribution >= 4 is 11.6 Å². The fourth-order valence-corrected chi connectivity index (χ4v) is 1.51. The zero-order chi connectivity index (χ0) is 13.7. The van der Waals surface area contributed by atoms with Crippen LogP contribution in [0.25, 0.3) is 0 Å². The van der Waals surface area contributed by atoms with E-state index in [0.29, 0.717) is 11.5 Å². The molecular weight excluding hydrogens is 248 g/mol. The van der Waals surface area contributed by atoms with Crippen LogP contribution in [-0.2, 0) is 0 Å². The second-order valence-corrected chi connectivity index (χ2v) is 3.82. The fraction of sp³-hybridized carbons (Fsp3) is 0.167. The van der Waals surface area contributed by atoms with Gasteiger partial charge in [0.2, 0.25) is 5.95 Å². The van der Waals surface area contributed by atoms with E-state index < -0.39 is 11.0 Å². The lowest BCUT2D eigenvalue weighted by atomic mass is 10.1. The molecular formula is C12H12N4O3. The molecule has 7 heteroatoms. The smallest absolute Gasteiger partial charge is 0.269 e. The maximum atomic E-state index is 10.5. The predicted octanol–water partition coefficient (Wildman–Crippen LogP) is 1.53. The summed E-state index contributed by atoms with van der Waals surface area (Å²) in [6.45, 7) is 0.224. The average Bonchev–Trinajstić information content (AvgIpc) is 2.46. The van der Waals surface area contributed by atoms with E-state index >= 15 is 0 Å². The molecule has 2 aromatic rings. The first-order chi connectivity index (χ1) is 9.16. The van der Waals surface area contributed by atoms with Gasteiger partial charge in [0.1, 0.15) is 0 Å². The number of aliphatic hydroxyl groups excluding tert-OH is 1. The summed E-state index contributed by atoms with van der Waals surface area (Å²) in [7, 11) is 0. The molecule has 0 unspecified atom stereocenters. The molecule has 1 aromatic heterocycles. The minimum Gasteiger partial charge on any atom is -0.387 e. The molecule has 1 aromatic carbocycles. The maximum absolute atomic E-state index is 10.5. The summed E-state index contributed by atoms with van der Waals surface area (Å²) < 4.78 is 0. The number of nitro groups is 1. The first-order valence-electron chi connectivity index (χ1n) is 5.60. The number of aliphatic hydroxyl groups is 1. The highest BCUT2D eigenvalue weighted by Gasteiger charge is 2.10. The number of anilines is 1. The molecule has 0 spiro atoms. The summed E-state index contributed by atoms with van der Waals surface area (Å²) in [6.07, 6.45) is 2.39. The molecule has 2 N–H and O–H groups in total. The number of hydrogen-bond donors (Lipinski definition) is 2. The Morgan fingerprint density at radius 2 is 1.89 bits per heavy atom. The highest BCUT2D eigenvalue weighted by molar-refractivity contribution is 5.34. The lowest BCUT2D eigenvalue weighted by molar-refractivity contribution is -0.384. The van der Waals surface area contributed by atoms with E-state index in [9.17, 15) is 15.2 Å². The Morgan fingerprint density at radius 1 is 1.26 bits per heavy atom. The lowest BCUT2D eigenvalue weighted by Gasteiger charge is -2.11. The van der Waals surface area contributed by atoms with E-state index in [-0.39, 0.29) is 12.2 Å². The Bertz CT molecular complexity index is 545. The van der Waals surface area contributed by atoms with Gasteiger partial charge in [-0.1, -0.05) is 0 Å². The van der Waals surface area contributed by atoms with Crippen LogP contribution >= 0.6 is 0 Å². The number of non-ortho nitro benzene ring substituents is 1. The van der Waals surface area contributed by atoms with Crippen molar-refractivity contribution in [3.8, 4) is 0 Å². The highest BCUT2D eigenvalue weighted by atomic mass is 16.6. The number of rotatable bonds is 5. The van der Waals surface area contributed by atoms with Crippen LogP contribution in [0.4, 0.5) is 11.6 Å². The number of hydrogen-bond acceptors (Lipinski definition) is 6. The third kappa shape index (κ3) is 3.46. The molecule has 0 saturated heterocycles. The van der Waals surface area contributed by atoms with Crippen molar-refractivity contribution in [3.63, 3.8) is 0 Å². The van der Waals surface area contributed by atoms with E-state index in [1.54, 1.807) is 18.5 Å². The van der Waals surface area contributed by atoms with E-state index in [0.717, 1.165) is 0 Å². The Hall–Kier alpha value is -2.54. The summed E-state index contributed by atoms with van der Waals surface area (Å²) in [5.41, 5.74) is 0.587. The first-order valence-corrected chi connectivity index (χ1v) is 5.60. The quantitative estimate of drug-likeness (QED) is 0.624. The van der Waals surface area contributed by atoms with Gasteiger partial charge < -0.3 is 10.4 Å². The molecule has 0 aliphatic carbocycles. The van der Waals surface area contributed by atoms with Crippen LogP contribution in [0.3, 0.4) is 0 Å². The summed E-state index contributed by atoms with van der Waals surface area (Å²) in [6, 6.07) is 7.46. The number of nitrogens with zero attached hydrogens (tertiary/aromatic N) is 3. The van der Waals surface area contributed by atoms with Gasteiger partial charge in [-0.2, -0.15) is 0 Å². The Labute approximate surface area is 109 Å². The monoisotopic (exact) mass is 260 g/mol. The van der Waals surface area contributed by atoms with Gasteiger partial charge in [0, 0.05) is 31.1 Å². The highest BCUT2D eigenvalue weighted by Crippen LogP contribution is 2.17. The molecule has 0 aliphatic rings. The Kier molecular flexibility index (Phi) is 3.99. The Morgan fingerprint density at radius 3 is 2.47 bits per heavy atom. The standard InChI is InChI=1S/C12H12N4O3/c17-11(8-15-12-13-6-1-7-14-12)9-2-4-10(5-3-9)16(18)19/h1-7,11,17H,8H2,(H,13,14,15)/t11-/m0/s1. The van der Waals surface area contributed by atoms with E-state index in [4.69, 9.17) is 0 Å². The number of nitro benzene ring substituents is 1. The fourth-order valence-electron chi connectivity index (χ4n) is 1.51. The number of nitrogens with one attached hydrogen (secondary N) is 1. The maximum Gasteiger partial charge on any atom is 0.269 e. The van der Waals surface area contributed by atoms with Crippen molar-refractivity contribution in [2.24, 2.45) is 0 Å². The first kappa shape index (κ1) is 12.9. The molecule has 2 rings (SSSR count). The topological polar surface area (TPSA) is 101 Å². The van der Waals surface area contributed by atoms with Gasteiger partial charge in [0.05, 0.1) is 11.0 Å². The van der Waals surface area contributed by atoms with Crippen LogP contribution in [0, 0.1) is 10.1 Å². The third-order valence-corrected chi connectivity index (χ3v) is 2.51. The van der Waals surface area contributed by atoms with Gasteiger partial charge in [0.25, 0.3) is 5.69 Å². The normalized spacial score (nSPS) is 11.8. The number of aromatic nitrogens is 2. The summed E-state index contributed by atoms with van der Waals surface area (Å²) >= 11 is 0. The van der Waals surface area contributed by atoms with Gasteiger partial charge in [-0.3, -0.25) is 10.1 Å². The van der Waals surface area contributed by atoms with Crippen LogP contribution < -0.4 is 5.32 Å². The van der Waals surface area contributed by atoms with Crippen LogP contribution in [0.1, 0.15) is 11.7 Å². The second kappa shape index (κ2) is 5.87. The molecule has 0 aliphatic heterocycles.